The molecule has 6 nitrogen and oxygen atoms in total. The Kier molecular flexibility index (Phi) is 6.22. The van der Waals surface area contributed by atoms with Crippen molar-refractivity contribution in [3.63, 3.8) is 0 Å². The second-order valence-corrected chi connectivity index (χ2v) is 7.71. The van der Waals surface area contributed by atoms with Gasteiger partial charge in [-0.2, -0.15) is 13.2 Å². The van der Waals surface area contributed by atoms with E-state index in [1.54, 1.807) is 42.7 Å². The Morgan fingerprint density at radius 1 is 1.03 bits per heavy atom. The number of carbonyl (C=O) groups is 1. The number of nitrogens with one attached hydrogen (secondary N) is 1. The first kappa shape index (κ1) is 21.6. The molecule has 10 heteroatoms. The number of amides is 1. The third kappa shape index (κ3) is 5.73. The first-order chi connectivity index (χ1) is 15.4. The van der Waals surface area contributed by atoms with Gasteiger partial charge in [-0.15, -0.1) is 0 Å². The van der Waals surface area contributed by atoms with Crippen molar-refractivity contribution < 1.29 is 27.4 Å². The van der Waals surface area contributed by atoms with Crippen LogP contribution in [0.4, 0.5) is 18.3 Å². The van der Waals surface area contributed by atoms with Gasteiger partial charge in [-0.05, 0) is 42.5 Å². The van der Waals surface area contributed by atoms with Gasteiger partial charge in [0.05, 0.1) is 10.2 Å². The summed E-state index contributed by atoms with van der Waals surface area (Å²) in [5.74, 6) is 0.219. The lowest BCUT2D eigenvalue weighted by Crippen LogP contribution is -2.19. The van der Waals surface area contributed by atoms with Crippen molar-refractivity contribution in [2.75, 3.05) is 11.9 Å². The number of hydrogen-bond donors (Lipinski definition) is 1. The van der Waals surface area contributed by atoms with Crippen LogP contribution in [0.1, 0.15) is 15.9 Å². The number of rotatable bonds is 7. The maximum absolute atomic E-state index is 12.6. The van der Waals surface area contributed by atoms with Gasteiger partial charge in [0.2, 0.25) is 0 Å². The van der Waals surface area contributed by atoms with Crippen LogP contribution < -0.4 is 14.8 Å². The minimum atomic E-state index is -4.42. The number of carbonyl (C=O) groups excluding carboxylic acids is 1. The summed E-state index contributed by atoms with van der Waals surface area (Å²) in [5.41, 5.74) is 1.82. The molecule has 164 valence electrons. The Balaban J connectivity index is 1.42. The van der Waals surface area contributed by atoms with Crippen LogP contribution in [0.2, 0.25) is 0 Å². The molecule has 0 aliphatic carbocycles. The zero-order valence-corrected chi connectivity index (χ0v) is 17.2. The smallest absolute Gasteiger partial charge is 0.422 e. The maximum Gasteiger partial charge on any atom is 0.422 e. The molecule has 0 saturated carbocycles. The molecular formula is C22H16F3N3O3S. The number of benzene rings is 2. The monoisotopic (exact) mass is 459 g/mol. The minimum Gasteiger partial charge on any atom is -0.489 e. The van der Waals surface area contributed by atoms with Gasteiger partial charge in [-0.1, -0.05) is 23.5 Å². The van der Waals surface area contributed by atoms with Gasteiger partial charge < -0.3 is 9.47 Å². The number of thiazole rings is 1. The summed E-state index contributed by atoms with van der Waals surface area (Å²) in [4.78, 5) is 21.0. The highest BCUT2D eigenvalue weighted by atomic mass is 32.1. The number of anilines is 1. The number of halogens is 3. The summed E-state index contributed by atoms with van der Waals surface area (Å²) in [6.45, 7) is -1.06. The van der Waals surface area contributed by atoms with E-state index in [0.29, 0.717) is 33.3 Å². The molecule has 2 aromatic carbocycles. The van der Waals surface area contributed by atoms with E-state index in [0.717, 1.165) is 16.9 Å². The first-order valence-electron chi connectivity index (χ1n) is 9.39. The van der Waals surface area contributed by atoms with E-state index in [1.165, 1.54) is 12.1 Å². The topological polar surface area (TPSA) is 73.3 Å². The predicted molar refractivity (Wildman–Crippen MR) is 114 cm³/mol. The van der Waals surface area contributed by atoms with Gasteiger partial charge in [0, 0.05) is 23.5 Å². The van der Waals surface area contributed by atoms with Crippen molar-refractivity contribution in [2.45, 2.75) is 12.8 Å². The van der Waals surface area contributed by atoms with Crippen LogP contribution in [-0.4, -0.2) is 28.7 Å². The molecule has 0 fully saturated rings. The molecule has 0 unspecified atom stereocenters. The third-order valence-electron chi connectivity index (χ3n) is 4.21. The van der Waals surface area contributed by atoms with Crippen LogP contribution in [-0.2, 0) is 6.61 Å². The molecule has 4 rings (SSSR count). The molecule has 0 atom stereocenters. The standard InChI is InChI=1S/C22H16F3N3O3S/c23-22(24,25)13-31-17-6-7-18-19(10-17)32-21(27-18)28-20(29)15-4-1-5-16(9-15)30-12-14-3-2-8-26-11-14/h1-11H,12-13H2,(H,27,28,29). The normalized spacial score (nSPS) is 11.3. The van der Waals surface area contributed by atoms with Gasteiger partial charge in [0.25, 0.3) is 5.91 Å². The SMILES string of the molecule is O=C(Nc1nc2ccc(OCC(F)(F)F)cc2s1)c1cccc(OCc2cccnc2)c1. The van der Waals surface area contributed by atoms with Crippen LogP contribution in [0.3, 0.4) is 0 Å². The fourth-order valence-electron chi connectivity index (χ4n) is 2.76. The van der Waals surface area contributed by atoms with Crippen LogP contribution in [0.5, 0.6) is 11.5 Å². The molecule has 2 heterocycles. The molecule has 1 N–H and O–H groups in total. The van der Waals surface area contributed by atoms with E-state index < -0.39 is 12.8 Å². The second kappa shape index (κ2) is 9.23. The zero-order chi connectivity index (χ0) is 22.6. The molecule has 0 radical (unpaired) electrons. The van der Waals surface area contributed by atoms with E-state index in [1.807, 2.05) is 12.1 Å². The van der Waals surface area contributed by atoms with E-state index >= 15 is 0 Å². The molecule has 1 amide bonds. The Labute approximate surface area is 184 Å². The molecule has 0 aliphatic heterocycles. The number of alkyl halides is 3. The lowest BCUT2D eigenvalue weighted by molar-refractivity contribution is -0.153. The first-order valence-corrected chi connectivity index (χ1v) is 10.2. The van der Waals surface area contributed by atoms with E-state index in [4.69, 9.17) is 9.47 Å². The molecule has 0 bridgehead atoms. The molecule has 0 spiro atoms. The summed E-state index contributed by atoms with van der Waals surface area (Å²) in [6.07, 6.45) is -1.05. The van der Waals surface area contributed by atoms with Crippen LogP contribution >= 0.6 is 11.3 Å². The van der Waals surface area contributed by atoms with Gasteiger partial charge >= 0.3 is 6.18 Å². The van der Waals surface area contributed by atoms with Crippen molar-refractivity contribution >= 4 is 32.6 Å². The highest BCUT2D eigenvalue weighted by Crippen LogP contribution is 2.30. The predicted octanol–water partition coefficient (Wildman–Crippen LogP) is 5.46. The van der Waals surface area contributed by atoms with Crippen LogP contribution in [0.25, 0.3) is 10.2 Å². The summed E-state index contributed by atoms with van der Waals surface area (Å²) in [7, 11) is 0. The van der Waals surface area contributed by atoms with Crippen molar-refractivity contribution in [3.8, 4) is 11.5 Å². The summed E-state index contributed by atoms with van der Waals surface area (Å²) < 4.78 is 48.1. The van der Waals surface area contributed by atoms with Crippen LogP contribution in [0, 0.1) is 0 Å². The fourth-order valence-corrected chi connectivity index (χ4v) is 3.65. The number of ether oxygens (including phenoxy) is 2. The van der Waals surface area contributed by atoms with Crippen LogP contribution in [0.15, 0.2) is 67.0 Å². The lowest BCUT2D eigenvalue weighted by Gasteiger charge is -2.08. The minimum absolute atomic E-state index is 0.0785. The average molecular weight is 459 g/mol. The molecule has 0 saturated heterocycles. The number of pyridine rings is 1. The summed E-state index contributed by atoms with van der Waals surface area (Å²) in [6, 6.07) is 14.8. The molecule has 32 heavy (non-hydrogen) atoms. The van der Waals surface area contributed by atoms with Crippen molar-refractivity contribution in [1.29, 1.82) is 0 Å². The van der Waals surface area contributed by atoms with Gasteiger partial charge in [0.1, 0.15) is 18.1 Å². The Morgan fingerprint density at radius 3 is 2.66 bits per heavy atom. The molecule has 0 aliphatic rings. The van der Waals surface area contributed by atoms with E-state index in [-0.39, 0.29) is 11.7 Å². The second-order valence-electron chi connectivity index (χ2n) is 6.68. The Morgan fingerprint density at radius 2 is 1.88 bits per heavy atom. The largest absolute Gasteiger partial charge is 0.489 e. The Bertz CT molecular complexity index is 1230. The van der Waals surface area contributed by atoms with Crippen molar-refractivity contribution in [3.05, 3.63) is 78.1 Å². The number of aromatic nitrogens is 2. The van der Waals surface area contributed by atoms with Crippen molar-refractivity contribution in [2.24, 2.45) is 0 Å². The van der Waals surface area contributed by atoms with Crippen molar-refractivity contribution in [1.82, 2.24) is 9.97 Å². The number of hydrogen-bond acceptors (Lipinski definition) is 6. The highest BCUT2D eigenvalue weighted by Gasteiger charge is 2.28. The number of nitrogens with zero attached hydrogens (tertiary/aromatic N) is 2. The van der Waals surface area contributed by atoms with Gasteiger partial charge in [0.15, 0.2) is 11.7 Å². The maximum atomic E-state index is 12.6. The zero-order valence-electron chi connectivity index (χ0n) is 16.4. The van der Waals surface area contributed by atoms with E-state index in [9.17, 15) is 18.0 Å². The summed E-state index contributed by atoms with van der Waals surface area (Å²) in [5, 5.41) is 3.03. The quantitative estimate of drug-likeness (QED) is 0.397. The third-order valence-corrected chi connectivity index (χ3v) is 5.14. The Hall–Kier alpha value is -3.66. The molecule has 4 aromatic rings. The van der Waals surface area contributed by atoms with Gasteiger partial charge in [-0.3, -0.25) is 15.1 Å². The molecular weight excluding hydrogens is 443 g/mol. The highest BCUT2D eigenvalue weighted by molar-refractivity contribution is 7.22. The summed E-state index contributed by atoms with van der Waals surface area (Å²) >= 11 is 1.14. The molecule has 2 aromatic heterocycles. The average Bonchev–Trinajstić information content (AvgIpc) is 3.18. The fraction of sp³-hybridized carbons (Fsp3) is 0.136. The number of fused-ring (bicyclic) bond motifs is 1. The van der Waals surface area contributed by atoms with Gasteiger partial charge in [-0.25, -0.2) is 4.98 Å². The van der Waals surface area contributed by atoms with E-state index in [2.05, 4.69) is 15.3 Å². The lowest BCUT2D eigenvalue weighted by atomic mass is 10.2.